The van der Waals surface area contributed by atoms with Crippen molar-refractivity contribution >= 4 is 27.3 Å². The molecular formula is C16H22N2O4S. The third kappa shape index (κ3) is 6.02. The molecule has 0 saturated heterocycles. The number of hydrogen-bond donors (Lipinski definition) is 2. The molecule has 1 aliphatic rings. The standard InChI is InChI=1S/C16H22N2O4S/c1-11(2)9-23(21,22)10-15(19)17-13-5-3-12(4-6-13)16(20)18-14-7-8-14/h3-6,11,14H,7-10H2,1-2H3,(H,17,19)(H,18,20). The van der Waals surface area contributed by atoms with Crippen LogP contribution in [0.5, 0.6) is 0 Å². The maximum atomic E-state index is 11.8. The van der Waals surface area contributed by atoms with Crippen molar-refractivity contribution in [1.82, 2.24) is 5.32 Å². The largest absolute Gasteiger partial charge is 0.349 e. The number of sulfone groups is 1. The molecular weight excluding hydrogens is 316 g/mol. The zero-order valence-electron chi connectivity index (χ0n) is 13.3. The molecule has 2 N–H and O–H groups in total. The molecule has 0 radical (unpaired) electrons. The van der Waals surface area contributed by atoms with Gasteiger partial charge in [0.2, 0.25) is 5.91 Å². The maximum absolute atomic E-state index is 11.8. The first-order chi connectivity index (χ1) is 10.7. The van der Waals surface area contributed by atoms with Crippen LogP contribution in [0.4, 0.5) is 5.69 Å². The molecule has 2 amide bonds. The molecule has 0 spiro atoms. The molecule has 0 aromatic heterocycles. The molecule has 1 aromatic rings. The van der Waals surface area contributed by atoms with Gasteiger partial charge in [0.1, 0.15) is 5.75 Å². The van der Waals surface area contributed by atoms with Crippen LogP contribution in [0.1, 0.15) is 37.0 Å². The maximum Gasteiger partial charge on any atom is 0.251 e. The Bertz CT molecular complexity index is 677. The molecule has 0 unspecified atom stereocenters. The predicted octanol–water partition coefficient (Wildman–Crippen LogP) is 1.59. The second-order valence-corrected chi connectivity index (χ2v) is 8.43. The number of amides is 2. The number of carbonyl (C=O) groups is 2. The Morgan fingerprint density at radius 2 is 1.78 bits per heavy atom. The highest BCUT2D eigenvalue weighted by Crippen LogP contribution is 2.19. The normalized spacial score (nSPS) is 14.6. The minimum Gasteiger partial charge on any atom is -0.349 e. The summed E-state index contributed by atoms with van der Waals surface area (Å²) in [5.41, 5.74) is 0.986. The van der Waals surface area contributed by atoms with E-state index in [9.17, 15) is 18.0 Å². The summed E-state index contributed by atoms with van der Waals surface area (Å²) < 4.78 is 23.6. The lowest BCUT2D eigenvalue weighted by atomic mass is 10.2. The average Bonchev–Trinajstić information content (AvgIpc) is 3.20. The fraction of sp³-hybridized carbons (Fsp3) is 0.500. The fourth-order valence-electron chi connectivity index (χ4n) is 2.16. The molecule has 6 nitrogen and oxygen atoms in total. The molecule has 23 heavy (non-hydrogen) atoms. The van der Waals surface area contributed by atoms with Gasteiger partial charge in [-0.15, -0.1) is 0 Å². The second-order valence-electron chi connectivity index (χ2n) is 6.32. The van der Waals surface area contributed by atoms with E-state index in [0.717, 1.165) is 12.8 Å². The van der Waals surface area contributed by atoms with E-state index in [2.05, 4.69) is 10.6 Å². The Balaban J connectivity index is 1.89. The molecule has 0 bridgehead atoms. The minimum atomic E-state index is -3.40. The van der Waals surface area contributed by atoms with E-state index in [4.69, 9.17) is 0 Å². The van der Waals surface area contributed by atoms with Gasteiger partial charge in [-0.1, -0.05) is 13.8 Å². The summed E-state index contributed by atoms with van der Waals surface area (Å²) >= 11 is 0. The topological polar surface area (TPSA) is 92.3 Å². The molecule has 1 aromatic carbocycles. The first-order valence-electron chi connectivity index (χ1n) is 7.66. The van der Waals surface area contributed by atoms with Gasteiger partial charge >= 0.3 is 0 Å². The predicted molar refractivity (Wildman–Crippen MR) is 89.1 cm³/mol. The van der Waals surface area contributed by atoms with Gasteiger partial charge in [0, 0.05) is 17.3 Å². The average molecular weight is 338 g/mol. The van der Waals surface area contributed by atoms with Crippen molar-refractivity contribution in [2.75, 3.05) is 16.8 Å². The number of rotatable bonds is 7. The number of nitrogens with one attached hydrogen (secondary N) is 2. The Kier molecular flexibility index (Phi) is 5.41. The van der Waals surface area contributed by atoms with Gasteiger partial charge in [-0.05, 0) is 43.0 Å². The van der Waals surface area contributed by atoms with Crippen molar-refractivity contribution in [1.29, 1.82) is 0 Å². The summed E-state index contributed by atoms with van der Waals surface area (Å²) in [5, 5.41) is 5.41. The molecule has 2 rings (SSSR count). The lowest BCUT2D eigenvalue weighted by molar-refractivity contribution is -0.113. The summed E-state index contributed by atoms with van der Waals surface area (Å²) in [6, 6.07) is 6.68. The molecule has 0 heterocycles. The Labute approximate surface area is 136 Å². The third-order valence-corrected chi connectivity index (χ3v) is 5.16. The van der Waals surface area contributed by atoms with E-state index in [-0.39, 0.29) is 23.6 Å². The number of anilines is 1. The quantitative estimate of drug-likeness (QED) is 0.789. The molecule has 0 aliphatic heterocycles. The first kappa shape index (κ1) is 17.5. The van der Waals surface area contributed by atoms with Crippen LogP contribution in [0.3, 0.4) is 0 Å². The van der Waals surface area contributed by atoms with Crippen molar-refractivity contribution in [3.05, 3.63) is 29.8 Å². The van der Waals surface area contributed by atoms with Crippen molar-refractivity contribution in [2.45, 2.75) is 32.7 Å². The lowest BCUT2D eigenvalue weighted by Gasteiger charge is -2.09. The van der Waals surface area contributed by atoms with Gasteiger partial charge in [-0.3, -0.25) is 9.59 Å². The smallest absolute Gasteiger partial charge is 0.251 e. The third-order valence-electron chi connectivity index (χ3n) is 3.28. The summed E-state index contributed by atoms with van der Waals surface area (Å²) in [4.78, 5) is 23.7. The van der Waals surface area contributed by atoms with Gasteiger partial charge in [0.15, 0.2) is 9.84 Å². The van der Waals surface area contributed by atoms with Gasteiger partial charge in [0.25, 0.3) is 5.91 Å². The van der Waals surface area contributed by atoms with Crippen molar-refractivity contribution in [3.63, 3.8) is 0 Å². The summed E-state index contributed by atoms with van der Waals surface area (Å²) in [7, 11) is -3.40. The number of benzene rings is 1. The van der Waals surface area contributed by atoms with Crippen molar-refractivity contribution in [2.24, 2.45) is 5.92 Å². The van der Waals surface area contributed by atoms with Crippen LogP contribution < -0.4 is 10.6 Å². The van der Waals surface area contributed by atoms with Crippen molar-refractivity contribution < 1.29 is 18.0 Å². The summed E-state index contributed by atoms with van der Waals surface area (Å²) in [5.74, 6) is -1.27. The summed E-state index contributed by atoms with van der Waals surface area (Å²) in [6.07, 6.45) is 2.04. The molecule has 7 heteroatoms. The first-order valence-corrected chi connectivity index (χ1v) is 9.48. The van der Waals surface area contributed by atoms with Gasteiger partial charge < -0.3 is 10.6 Å². The Hall–Kier alpha value is -1.89. The zero-order valence-corrected chi connectivity index (χ0v) is 14.2. The zero-order chi connectivity index (χ0) is 17.0. The second kappa shape index (κ2) is 7.12. The van der Waals surface area contributed by atoms with E-state index in [0.29, 0.717) is 11.3 Å². The molecule has 1 saturated carbocycles. The highest BCUT2D eigenvalue weighted by molar-refractivity contribution is 7.92. The molecule has 1 fully saturated rings. The van der Waals surface area contributed by atoms with Crippen LogP contribution in [0.15, 0.2) is 24.3 Å². The van der Waals surface area contributed by atoms with E-state index >= 15 is 0 Å². The molecule has 126 valence electrons. The van der Waals surface area contributed by atoms with Crippen molar-refractivity contribution in [3.8, 4) is 0 Å². The van der Waals surface area contributed by atoms with Gasteiger partial charge in [-0.2, -0.15) is 0 Å². The minimum absolute atomic E-state index is 0.0132. The van der Waals surface area contributed by atoms with Crippen LogP contribution in [0.2, 0.25) is 0 Å². The van der Waals surface area contributed by atoms with Crippen LogP contribution in [0, 0.1) is 5.92 Å². The molecule has 1 aliphatic carbocycles. The Morgan fingerprint density at radius 3 is 2.30 bits per heavy atom. The molecule has 0 atom stereocenters. The highest BCUT2D eigenvalue weighted by atomic mass is 32.2. The lowest BCUT2D eigenvalue weighted by Crippen LogP contribution is -2.26. The van der Waals surface area contributed by atoms with E-state index in [1.807, 2.05) is 0 Å². The van der Waals surface area contributed by atoms with Crippen LogP contribution >= 0.6 is 0 Å². The SMILES string of the molecule is CC(C)CS(=O)(=O)CC(=O)Nc1ccc(C(=O)NC2CC2)cc1. The summed E-state index contributed by atoms with van der Waals surface area (Å²) in [6.45, 7) is 3.59. The Morgan fingerprint density at radius 1 is 1.17 bits per heavy atom. The van der Waals surface area contributed by atoms with E-state index in [1.54, 1.807) is 38.1 Å². The fourth-order valence-corrected chi connectivity index (χ4v) is 3.77. The van der Waals surface area contributed by atoms with Gasteiger partial charge in [-0.25, -0.2) is 8.42 Å². The van der Waals surface area contributed by atoms with Crippen LogP contribution in [-0.2, 0) is 14.6 Å². The van der Waals surface area contributed by atoms with E-state index in [1.165, 1.54) is 0 Å². The van der Waals surface area contributed by atoms with Crippen LogP contribution in [-0.4, -0.2) is 37.8 Å². The monoisotopic (exact) mass is 338 g/mol. The highest BCUT2D eigenvalue weighted by Gasteiger charge is 2.23. The van der Waals surface area contributed by atoms with E-state index < -0.39 is 21.5 Å². The number of carbonyl (C=O) groups excluding carboxylic acids is 2. The van der Waals surface area contributed by atoms with Crippen LogP contribution in [0.25, 0.3) is 0 Å². The number of hydrogen-bond acceptors (Lipinski definition) is 4. The van der Waals surface area contributed by atoms with Gasteiger partial charge in [0.05, 0.1) is 5.75 Å².